The molecule has 1 rings (SSSR count). The smallest absolute Gasteiger partial charge is 0.271 e. The second kappa shape index (κ2) is 7.93. The van der Waals surface area contributed by atoms with Crippen molar-refractivity contribution in [3.8, 4) is 0 Å². The fourth-order valence-electron chi connectivity index (χ4n) is 2.00. The molecule has 1 heterocycles. The van der Waals surface area contributed by atoms with E-state index in [1.165, 1.54) is 16.8 Å². The Morgan fingerprint density at radius 2 is 2.14 bits per heavy atom. The van der Waals surface area contributed by atoms with Crippen molar-refractivity contribution in [3.05, 3.63) is 28.2 Å². The molecule has 118 valence electrons. The van der Waals surface area contributed by atoms with Crippen molar-refractivity contribution in [1.29, 1.82) is 0 Å². The molecule has 0 saturated carbocycles. The summed E-state index contributed by atoms with van der Waals surface area (Å²) in [6.45, 7) is 7.18. The molecule has 0 spiro atoms. The van der Waals surface area contributed by atoms with Crippen LogP contribution in [0.15, 0.2) is 16.9 Å². The molecule has 1 aromatic rings. The number of aromatic nitrogens is 2. The van der Waals surface area contributed by atoms with Crippen LogP contribution in [0.5, 0.6) is 0 Å². The maximum Gasteiger partial charge on any atom is 0.271 e. The highest BCUT2D eigenvalue weighted by Crippen LogP contribution is 2.20. The molecule has 0 saturated heterocycles. The van der Waals surface area contributed by atoms with Crippen LogP contribution in [0.25, 0.3) is 0 Å². The lowest BCUT2D eigenvalue weighted by Crippen LogP contribution is -2.36. The Kier molecular flexibility index (Phi) is 6.55. The largest absolute Gasteiger partial charge is 0.396 e. The highest BCUT2D eigenvalue weighted by molar-refractivity contribution is 5.92. The molecule has 0 aromatic carbocycles. The van der Waals surface area contributed by atoms with Gasteiger partial charge in [-0.05, 0) is 30.7 Å². The number of hydrogen-bond donors (Lipinski definition) is 2. The molecule has 0 aliphatic heterocycles. The number of carbonyl (C=O) groups excluding carboxylic acids is 1. The number of nitrogens with one attached hydrogen (secondary N) is 1. The van der Waals surface area contributed by atoms with Crippen molar-refractivity contribution in [3.63, 3.8) is 0 Å². The van der Waals surface area contributed by atoms with Crippen LogP contribution in [0.3, 0.4) is 0 Å². The summed E-state index contributed by atoms with van der Waals surface area (Å²) in [5.74, 6) is -0.281. The Balaban J connectivity index is 2.67. The number of aliphatic hydroxyl groups excluding tert-OH is 1. The fraction of sp³-hybridized carbons (Fsp3) is 0.667. The van der Waals surface area contributed by atoms with Crippen LogP contribution in [-0.2, 0) is 6.54 Å². The molecule has 0 radical (unpaired) electrons. The Hall–Kier alpha value is -1.69. The molecular formula is C15H25N3O3. The molecule has 2 N–H and O–H groups in total. The molecule has 0 aliphatic carbocycles. The molecule has 0 fully saturated rings. The number of carbonyl (C=O) groups is 1. The van der Waals surface area contributed by atoms with Gasteiger partial charge >= 0.3 is 0 Å². The lowest BCUT2D eigenvalue weighted by molar-refractivity contribution is 0.0925. The van der Waals surface area contributed by atoms with E-state index in [1.54, 1.807) is 0 Å². The van der Waals surface area contributed by atoms with Crippen molar-refractivity contribution in [1.82, 2.24) is 15.1 Å². The van der Waals surface area contributed by atoms with E-state index >= 15 is 0 Å². The van der Waals surface area contributed by atoms with Gasteiger partial charge in [0.25, 0.3) is 11.5 Å². The topological polar surface area (TPSA) is 84.2 Å². The SMILES string of the molecule is CCCn1nc(C(=O)NCC(C)(C)CCCO)ccc1=O. The van der Waals surface area contributed by atoms with Crippen LogP contribution in [0.1, 0.15) is 50.5 Å². The van der Waals surface area contributed by atoms with Crippen molar-refractivity contribution < 1.29 is 9.90 Å². The van der Waals surface area contributed by atoms with E-state index in [4.69, 9.17) is 5.11 Å². The molecule has 1 amide bonds. The van der Waals surface area contributed by atoms with Gasteiger partial charge in [-0.15, -0.1) is 0 Å². The third-order valence-electron chi connectivity index (χ3n) is 3.27. The minimum absolute atomic E-state index is 0.0870. The van der Waals surface area contributed by atoms with Crippen LogP contribution in [0, 0.1) is 5.41 Å². The maximum absolute atomic E-state index is 12.1. The molecule has 1 aromatic heterocycles. The Morgan fingerprint density at radius 1 is 1.43 bits per heavy atom. The van der Waals surface area contributed by atoms with E-state index in [2.05, 4.69) is 10.4 Å². The summed E-state index contributed by atoms with van der Waals surface area (Å²) >= 11 is 0. The van der Waals surface area contributed by atoms with E-state index in [0.29, 0.717) is 19.5 Å². The summed E-state index contributed by atoms with van der Waals surface area (Å²) in [7, 11) is 0. The number of nitrogens with zero attached hydrogens (tertiary/aromatic N) is 2. The van der Waals surface area contributed by atoms with Crippen LogP contribution in [0.4, 0.5) is 0 Å². The quantitative estimate of drug-likeness (QED) is 0.754. The molecular weight excluding hydrogens is 270 g/mol. The highest BCUT2D eigenvalue weighted by atomic mass is 16.3. The average Bonchev–Trinajstić information content (AvgIpc) is 2.45. The summed E-state index contributed by atoms with van der Waals surface area (Å²) in [6, 6.07) is 2.82. The second-order valence-electron chi connectivity index (χ2n) is 5.95. The average molecular weight is 295 g/mol. The standard InChI is InChI=1S/C15H25N3O3/c1-4-9-18-13(20)7-6-12(17-18)14(21)16-11-15(2,3)8-5-10-19/h6-7,19H,4-5,8-11H2,1-3H3,(H,16,21). The van der Waals surface area contributed by atoms with Gasteiger partial charge in [-0.2, -0.15) is 5.10 Å². The molecule has 6 heteroatoms. The third-order valence-corrected chi connectivity index (χ3v) is 3.27. The first kappa shape index (κ1) is 17.4. The Bertz CT molecular complexity index is 523. The summed E-state index contributed by atoms with van der Waals surface area (Å²) in [5.41, 5.74) is -0.0336. The van der Waals surface area contributed by atoms with Crippen molar-refractivity contribution in [2.24, 2.45) is 5.41 Å². The lowest BCUT2D eigenvalue weighted by Gasteiger charge is -2.24. The van der Waals surface area contributed by atoms with E-state index < -0.39 is 0 Å². The summed E-state index contributed by atoms with van der Waals surface area (Å²) in [5, 5.41) is 15.8. The fourth-order valence-corrected chi connectivity index (χ4v) is 2.00. The maximum atomic E-state index is 12.1. The summed E-state index contributed by atoms with van der Waals surface area (Å²) in [6.07, 6.45) is 2.32. The van der Waals surface area contributed by atoms with Crippen molar-refractivity contribution in [2.75, 3.05) is 13.2 Å². The van der Waals surface area contributed by atoms with Crippen LogP contribution in [-0.4, -0.2) is 33.9 Å². The second-order valence-corrected chi connectivity index (χ2v) is 5.95. The van der Waals surface area contributed by atoms with E-state index in [0.717, 1.165) is 12.8 Å². The predicted molar refractivity (Wildman–Crippen MR) is 81.2 cm³/mol. The first-order valence-electron chi connectivity index (χ1n) is 7.37. The molecule has 0 aliphatic rings. The number of hydrogen-bond acceptors (Lipinski definition) is 4. The molecule has 0 bridgehead atoms. The predicted octanol–water partition coefficient (Wildman–Crippen LogP) is 1.18. The summed E-state index contributed by atoms with van der Waals surface area (Å²) in [4.78, 5) is 23.7. The van der Waals surface area contributed by atoms with E-state index in [-0.39, 0.29) is 29.2 Å². The monoisotopic (exact) mass is 295 g/mol. The van der Waals surface area contributed by atoms with Gasteiger partial charge in [0, 0.05) is 25.8 Å². The van der Waals surface area contributed by atoms with Gasteiger partial charge in [-0.1, -0.05) is 20.8 Å². The zero-order valence-electron chi connectivity index (χ0n) is 13.1. The van der Waals surface area contributed by atoms with Gasteiger partial charge in [-0.3, -0.25) is 9.59 Å². The highest BCUT2D eigenvalue weighted by Gasteiger charge is 2.19. The number of aliphatic hydroxyl groups is 1. The van der Waals surface area contributed by atoms with Crippen LogP contribution >= 0.6 is 0 Å². The van der Waals surface area contributed by atoms with Gasteiger partial charge in [0.1, 0.15) is 5.69 Å². The van der Waals surface area contributed by atoms with Gasteiger partial charge in [0.2, 0.25) is 0 Å². The van der Waals surface area contributed by atoms with Crippen LogP contribution in [0.2, 0.25) is 0 Å². The normalized spacial score (nSPS) is 11.4. The summed E-state index contributed by atoms with van der Waals surface area (Å²) < 4.78 is 1.31. The number of amides is 1. The number of rotatable bonds is 8. The zero-order valence-corrected chi connectivity index (χ0v) is 13.1. The first-order valence-corrected chi connectivity index (χ1v) is 7.37. The molecule has 0 unspecified atom stereocenters. The lowest BCUT2D eigenvalue weighted by atomic mass is 9.88. The Labute approximate surface area is 125 Å². The van der Waals surface area contributed by atoms with Crippen LogP contribution < -0.4 is 10.9 Å². The first-order chi connectivity index (χ1) is 9.89. The van der Waals surface area contributed by atoms with Crippen molar-refractivity contribution in [2.45, 2.75) is 46.6 Å². The Morgan fingerprint density at radius 3 is 2.76 bits per heavy atom. The third kappa shape index (κ3) is 5.67. The molecule has 6 nitrogen and oxygen atoms in total. The van der Waals surface area contributed by atoms with Gasteiger partial charge in [0.15, 0.2) is 0 Å². The van der Waals surface area contributed by atoms with Crippen molar-refractivity contribution >= 4 is 5.91 Å². The minimum atomic E-state index is -0.281. The molecule has 21 heavy (non-hydrogen) atoms. The van der Waals surface area contributed by atoms with Gasteiger partial charge in [-0.25, -0.2) is 4.68 Å². The van der Waals surface area contributed by atoms with Gasteiger partial charge in [0.05, 0.1) is 0 Å². The van der Waals surface area contributed by atoms with E-state index in [1.807, 2.05) is 20.8 Å². The molecule has 0 atom stereocenters. The number of aryl methyl sites for hydroxylation is 1. The van der Waals surface area contributed by atoms with Gasteiger partial charge < -0.3 is 10.4 Å². The van der Waals surface area contributed by atoms with E-state index in [9.17, 15) is 9.59 Å². The minimum Gasteiger partial charge on any atom is -0.396 e. The zero-order chi connectivity index (χ0) is 15.9.